The Hall–Kier alpha value is -2.62. The summed E-state index contributed by atoms with van der Waals surface area (Å²) in [7, 11) is 1.65. The molecule has 3 aromatic rings. The first-order valence-electron chi connectivity index (χ1n) is 5.92. The van der Waals surface area contributed by atoms with E-state index < -0.39 is 0 Å². The number of nitrogens with two attached hydrogens (primary N) is 1. The third-order valence-corrected chi connectivity index (χ3v) is 3.05. The molecule has 1 aromatic carbocycles. The van der Waals surface area contributed by atoms with Crippen molar-refractivity contribution in [3.05, 3.63) is 48.8 Å². The van der Waals surface area contributed by atoms with Gasteiger partial charge in [-0.25, -0.2) is 4.98 Å². The Balaban J connectivity index is 2.14. The number of ether oxygens (including phenoxy) is 1. The second-order valence-electron chi connectivity index (χ2n) is 4.22. The maximum absolute atomic E-state index is 5.99. The van der Waals surface area contributed by atoms with Gasteiger partial charge in [-0.1, -0.05) is 0 Å². The summed E-state index contributed by atoms with van der Waals surface area (Å²) in [5, 5.41) is 1.91. The van der Waals surface area contributed by atoms with E-state index in [2.05, 4.69) is 9.97 Å². The van der Waals surface area contributed by atoms with Crippen molar-refractivity contribution in [1.82, 2.24) is 9.97 Å². The van der Waals surface area contributed by atoms with E-state index in [0.717, 1.165) is 27.8 Å². The van der Waals surface area contributed by atoms with Gasteiger partial charge in [-0.2, -0.15) is 0 Å². The van der Waals surface area contributed by atoms with Crippen molar-refractivity contribution in [2.45, 2.75) is 0 Å². The van der Waals surface area contributed by atoms with Crippen LogP contribution >= 0.6 is 0 Å². The summed E-state index contributed by atoms with van der Waals surface area (Å²) in [6.45, 7) is 0. The van der Waals surface area contributed by atoms with Gasteiger partial charge < -0.3 is 10.5 Å². The van der Waals surface area contributed by atoms with Crippen LogP contribution in [0.1, 0.15) is 0 Å². The topological polar surface area (TPSA) is 61.0 Å². The smallest absolute Gasteiger partial charge is 0.132 e. The Labute approximate surface area is 110 Å². The molecule has 0 unspecified atom stereocenters. The van der Waals surface area contributed by atoms with Crippen molar-refractivity contribution in [3.8, 4) is 17.0 Å². The molecule has 2 N–H and O–H groups in total. The lowest BCUT2D eigenvalue weighted by molar-refractivity contribution is 0.415. The summed E-state index contributed by atoms with van der Waals surface area (Å²) in [5.41, 5.74) is 7.82. The summed E-state index contributed by atoms with van der Waals surface area (Å²) in [5.74, 6) is 1.34. The molecule has 0 spiro atoms. The molecular weight excluding hydrogens is 238 g/mol. The summed E-state index contributed by atoms with van der Waals surface area (Å²) < 4.78 is 5.14. The predicted molar refractivity (Wildman–Crippen MR) is 75.9 cm³/mol. The second-order valence-corrected chi connectivity index (χ2v) is 4.22. The molecule has 0 amide bonds. The largest absolute Gasteiger partial charge is 0.497 e. The highest BCUT2D eigenvalue weighted by Gasteiger charge is 2.05. The van der Waals surface area contributed by atoms with E-state index in [4.69, 9.17) is 10.5 Å². The molecule has 0 fully saturated rings. The zero-order chi connectivity index (χ0) is 13.2. The number of methoxy groups -OCH3 is 1. The average molecular weight is 251 g/mol. The third-order valence-electron chi connectivity index (χ3n) is 3.05. The minimum absolute atomic E-state index is 0.519. The van der Waals surface area contributed by atoms with E-state index in [0.29, 0.717) is 5.82 Å². The zero-order valence-corrected chi connectivity index (χ0v) is 10.5. The molecule has 2 aromatic heterocycles. The standard InChI is InChI=1S/C15H13N3O/c1-19-12-4-2-10(3-5-12)14-8-11-9-17-7-6-13(11)15(16)18-14/h2-9H,1H3,(H2,16,18). The fraction of sp³-hybridized carbons (Fsp3) is 0.0667. The molecule has 2 heterocycles. The number of hydrogen-bond donors (Lipinski definition) is 1. The van der Waals surface area contributed by atoms with Crippen LogP contribution in [0.4, 0.5) is 5.82 Å². The fourth-order valence-electron chi connectivity index (χ4n) is 2.03. The van der Waals surface area contributed by atoms with Gasteiger partial charge in [-0.05, 0) is 36.4 Å². The monoisotopic (exact) mass is 251 g/mol. The normalized spacial score (nSPS) is 10.6. The summed E-state index contributed by atoms with van der Waals surface area (Å²) >= 11 is 0. The molecule has 0 aliphatic heterocycles. The van der Waals surface area contributed by atoms with Gasteiger partial charge in [0.05, 0.1) is 12.8 Å². The van der Waals surface area contributed by atoms with E-state index in [1.165, 1.54) is 0 Å². The van der Waals surface area contributed by atoms with Gasteiger partial charge in [0.2, 0.25) is 0 Å². The lowest BCUT2D eigenvalue weighted by Gasteiger charge is -2.07. The van der Waals surface area contributed by atoms with Gasteiger partial charge in [0, 0.05) is 28.7 Å². The maximum Gasteiger partial charge on any atom is 0.132 e. The number of rotatable bonds is 2. The fourth-order valence-corrected chi connectivity index (χ4v) is 2.03. The van der Waals surface area contributed by atoms with Crippen LogP contribution in [-0.4, -0.2) is 17.1 Å². The van der Waals surface area contributed by atoms with Gasteiger partial charge in [0.25, 0.3) is 0 Å². The molecule has 0 saturated heterocycles. The van der Waals surface area contributed by atoms with Gasteiger partial charge in [0.1, 0.15) is 11.6 Å². The van der Waals surface area contributed by atoms with Crippen molar-refractivity contribution in [3.63, 3.8) is 0 Å². The molecule has 3 rings (SSSR count). The highest BCUT2D eigenvalue weighted by Crippen LogP contribution is 2.26. The van der Waals surface area contributed by atoms with Crippen molar-refractivity contribution in [2.24, 2.45) is 0 Å². The van der Waals surface area contributed by atoms with Gasteiger partial charge >= 0.3 is 0 Å². The SMILES string of the molecule is COc1ccc(-c2cc3cnccc3c(N)n2)cc1. The first kappa shape index (κ1) is 11.5. The van der Waals surface area contributed by atoms with Gasteiger partial charge in [-0.15, -0.1) is 0 Å². The Bertz CT molecular complexity index is 723. The Morgan fingerprint density at radius 2 is 1.89 bits per heavy atom. The van der Waals surface area contributed by atoms with Crippen molar-refractivity contribution >= 4 is 16.6 Å². The first-order chi connectivity index (χ1) is 9.28. The Morgan fingerprint density at radius 1 is 1.11 bits per heavy atom. The Morgan fingerprint density at radius 3 is 2.63 bits per heavy atom. The van der Waals surface area contributed by atoms with Crippen molar-refractivity contribution in [2.75, 3.05) is 12.8 Å². The Kier molecular flexibility index (Phi) is 2.76. The molecule has 0 atom stereocenters. The van der Waals surface area contributed by atoms with Crippen LogP contribution in [0.3, 0.4) is 0 Å². The van der Waals surface area contributed by atoms with Crippen LogP contribution in [0.15, 0.2) is 48.8 Å². The number of fused-ring (bicyclic) bond motifs is 1. The molecule has 0 bridgehead atoms. The van der Waals surface area contributed by atoms with E-state index in [1.54, 1.807) is 19.5 Å². The lowest BCUT2D eigenvalue weighted by Crippen LogP contribution is -1.94. The lowest BCUT2D eigenvalue weighted by atomic mass is 10.1. The molecule has 4 nitrogen and oxygen atoms in total. The third kappa shape index (κ3) is 2.08. The van der Waals surface area contributed by atoms with Crippen LogP contribution in [0.2, 0.25) is 0 Å². The summed E-state index contributed by atoms with van der Waals surface area (Å²) in [4.78, 5) is 8.55. The summed E-state index contributed by atoms with van der Waals surface area (Å²) in [6, 6.07) is 11.6. The second kappa shape index (κ2) is 4.57. The molecule has 0 radical (unpaired) electrons. The molecule has 19 heavy (non-hydrogen) atoms. The van der Waals surface area contributed by atoms with Crippen LogP contribution in [-0.2, 0) is 0 Å². The molecule has 0 aliphatic rings. The number of anilines is 1. The molecule has 94 valence electrons. The highest BCUT2D eigenvalue weighted by molar-refractivity contribution is 5.92. The minimum Gasteiger partial charge on any atom is -0.497 e. The van der Waals surface area contributed by atoms with E-state index >= 15 is 0 Å². The van der Waals surface area contributed by atoms with Crippen LogP contribution < -0.4 is 10.5 Å². The zero-order valence-electron chi connectivity index (χ0n) is 10.5. The number of pyridine rings is 2. The minimum atomic E-state index is 0.519. The highest BCUT2D eigenvalue weighted by atomic mass is 16.5. The molecule has 0 saturated carbocycles. The number of nitrogen functional groups attached to an aromatic ring is 1. The maximum atomic E-state index is 5.99. The molecule has 4 heteroatoms. The average Bonchev–Trinajstić information content (AvgIpc) is 2.47. The summed E-state index contributed by atoms with van der Waals surface area (Å²) in [6.07, 6.45) is 3.51. The van der Waals surface area contributed by atoms with Crippen LogP contribution in [0.25, 0.3) is 22.0 Å². The van der Waals surface area contributed by atoms with Crippen LogP contribution in [0, 0.1) is 0 Å². The number of aromatic nitrogens is 2. The first-order valence-corrected chi connectivity index (χ1v) is 5.92. The van der Waals surface area contributed by atoms with E-state index in [-0.39, 0.29) is 0 Å². The van der Waals surface area contributed by atoms with Gasteiger partial charge in [0.15, 0.2) is 0 Å². The van der Waals surface area contributed by atoms with Gasteiger partial charge in [-0.3, -0.25) is 4.98 Å². The van der Waals surface area contributed by atoms with Crippen molar-refractivity contribution < 1.29 is 4.74 Å². The number of nitrogens with zero attached hydrogens (tertiary/aromatic N) is 2. The van der Waals surface area contributed by atoms with Crippen LogP contribution in [0.5, 0.6) is 5.75 Å². The molecule has 0 aliphatic carbocycles. The van der Waals surface area contributed by atoms with E-state index in [9.17, 15) is 0 Å². The predicted octanol–water partition coefficient (Wildman–Crippen LogP) is 2.89. The number of benzene rings is 1. The van der Waals surface area contributed by atoms with Crippen molar-refractivity contribution in [1.29, 1.82) is 0 Å². The molecular formula is C15H13N3O. The number of hydrogen-bond acceptors (Lipinski definition) is 4. The quantitative estimate of drug-likeness (QED) is 0.760. The van der Waals surface area contributed by atoms with E-state index in [1.807, 2.05) is 36.4 Å².